The van der Waals surface area contributed by atoms with E-state index in [-0.39, 0.29) is 0 Å². The fourth-order valence-electron chi connectivity index (χ4n) is 4.50. The maximum atomic E-state index is 6.56. The minimum absolute atomic E-state index is 0.513. The molecule has 194 valence electrons. The molecule has 0 saturated heterocycles. The van der Waals surface area contributed by atoms with Gasteiger partial charge < -0.3 is 10.6 Å². The van der Waals surface area contributed by atoms with Gasteiger partial charge in [0.25, 0.3) is 0 Å². The maximum absolute atomic E-state index is 6.56. The van der Waals surface area contributed by atoms with Crippen molar-refractivity contribution in [1.82, 2.24) is 20.4 Å². The average Bonchev–Trinajstić information content (AvgIpc) is 3.17. The molecule has 0 saturated carbocycles. The summed E-state index contributed by atoms with van der Waals surface area (Å²) in [5.74, 6) is 0.655. The second kappa shape index (κ2) is 14.2. The quantitative estimate of drug-likeness (QED) is 0.158. The topological polar surface area (TPSA) is 41.9 Å². The molecule has 0 bridgehead atoms. The monoisotopic (exact) mass is 546 g/mol. The predicted octanol–water partition coefficient (Wildman–Crippen LogP) is 8.26. The molecule has 4 nitrogen and oxygen atoms in total. The maximum Gasteiger partial charge on any atom is 0.0840 e. The number of aromatic nitrogens is 2. The molecule has 0 spiro atoms. The van der Waals surface area contributed by atoms with Crippen molar-refractivity contribution in [2.45, 2.75) is 59.0 Å². The highest BCUT2D eigenvalue weighted by Gasteiger charge is 2.19. The van der Waals surface area contributed by atoms with E-state index in [2.05, 4.69) is 38.0 Å². The number of nitrogens with one attached hydrogen (secondary N) is 2. The molecular weight excluding hydrogens is 511 g/mol. The molecule has 0 radical (unpaired) electrons. The van der Waals surface area contributed by atoms with Crippen LogP contribution in [0.4, 0.5) is 0 Å². The molecular formula is C29H37Cl3N4. The van der Waals surface area contributed by atoms with Crippen molar-refractivity contribution in [1.29, 1.82) is 0 Å². The Morgan fingerprint density at radius 3 is 2.39 bits per heavy atom. The van der Waals surface area contributed by atoms with Crippen LogP contribution in [0.5, 0.6) is 0 Å². The zero-order chi connectivity index (χ0) is 26.1. The number of nitrogens with zero attached hydrogens (tertiary/aromatic N) is 2. The van der Waals surface area contributed by atoms with Crippen LogP contribution in [0.3, 0.4) is 0 Å². The van der Waals surface area contributed by atoms with Gasteiger partial charge in [0.05, 0.1) is 22.1 Å². The van der Waals surface area contributed by atoms with Crippen molar-refractivity contribution < 1.29 is 0 Å². The van der Waals surface area contributed by atoms with Gasteiger partial charge in [0, 0.05) is 28.2 Å². The minimum atomic E-state index is 0.513. The highest BCUT2D eigenvalue weighted by Crippen LogP contribution is 2.33. The lowest BCUT2D eigenvalue weighted by Crippen LogP contribution is -2.34. The standard InChI is InChI=1S/C29H37Cl3N4/c1-5-9-22(6-2)21(4)34-17-8-7-16-33-19-27-20(3)29(23-10-12-24(30)13-11-23)36(35-27)28-15-14-25(31)18-26(28)32/h5,10-15,18,21-22,33-34H,1,6-9,16-17,19H2,2-4H3. The van der Waals surface area contributed by atoms with Gasteiger partial charge in [-0.25, -0.2) is 4.68 Å². The van der Waals surface area contributed by atoms with Crippen LogP contribution in [0, 0.1) is 12.8 Å². The molecule has 2 N–H and O–H groups in total. The van der Waals surface area contributed by atoms with Crippen molar-refractivity contribution in [2.24, 2.45) is 5.92 Å². The van der Waals surface area contributed by atoms with E-state index in [1.54, 1.807) is 6.07 Å². The number of halogens is 3. The Kier molecular flexibility index (Phi) is 11.3. The van der Waals surface area contributed by atoms with Crippen LogP contribution in [0.25, 0.3) is 16.9 Å². The molecule has 0 amide bonds. The van der Waals surface area contributed by atoms with E-state index >= 15 is 0 Å². The molecule has 0 aliphatic rings. The lowest BCUT2D eigenvalue weighted by atomic mass is 9.94. The molecule has 3 rings (SSSR count). The van der Waals surface area contributed by atoms with Gasteiger partial charge in [0.15, 0.2) is 0 Å². The van der Waals surface area contributed by atoms with Crippen molar-refractivity contribution in [3.8, 4) is 16.9 Å². The second-order valence-corrected chi connectivity index (χ2v) is 10.5. The highest BCUT2D eigenvalue weighted by molar-refractivity contribution is 6.35. The predicted molar refractivity (Wildman–Crippen MR) is 156 cm³/mol. The fraction of sp³-hybridized carbons (Fsp3) is 0.414. The third-order valence-corrected chi connectivity index (χ3v) is 7.51. The van der Waals surface area contributed by atoms with E-state index in [1.165, 1.54) is 6.42 Å². The Labute approximate surface area is 231 Å². The SMILES string of the molecule is C=CCC(CC)C(C)NCCCCNCc1nn(-c2ccc(Cl)cc2Cl)c(-c2ccc(Cl)cc2)c1C. The number of hydrogen-bond acceptors (Lipinski definition) is 3. The van der Waals surface area contributed by atoms with Gasteiger partial charge >= 0.3 is 0 Å². The molecule has 2 atom stereocenters. The average molecular weight is 548 g/mol. The van der Waals surface area contributed by atoms with Crippen LogP contribution >= 0.6 is 34.8 Å². The molecule has 1 aromatic heterocycles. The Morgan fingerprint density at radius 2 is 1.72 bits per heavy atom. The summed E-state index contributed by atoms with van der Waals surface area (Å²) >= 11 is 18.8. The minimum Gasteiger partial charge on any atom is -0.314 e. The van der Waals surface area contributed by atoms with E-state index in [4.69, 9.17) is 39.9 Å². The normalized spacial score (nSPS) is 13.1. The molecule has 7 heteroatoms. The summed E-state index contributed by atoms with van der Waals surface area (Å²) in [6.07, 6.45) is 6.50. The van der Waals surface area contributed by atoms with Gasteiger partial charge in [-0.1, -0.05) is 66.4 Å². The van der Waals surface area contributed by atoms with Gasteiger partial charge in [-0.3, -0.25) is 0 Å². The Hall–Kier alpha value is -1.82. The van der Waals surface area contributed by atoms with Gasteiger partial charge in [-0.15, -0.1) is 6.58 Å². The first-order valence-corrected chi connectivity index (χ1v) is 13.8. The fourth-order valence-corrected chi connectivity index (χ4v) is 5.11. The van der Waals surface area contributed by atoms with Crippen molar-refractivity contribution >= 4 is 34.8 Å². The summed E-state index contributed by atoms with van der Waals surface area (Å²) in [7, 11) is 0. The zero-order valence-corrected chi connectivity index (χ0v) is 23.7. The largest absolute Gasteiger partial charge is 0.314 e. The first-order valence-electron chi connectivity index (χ1n) is 12.7. The summed E-state index contributed by atoms with van der Waals surface area (Å²) in [4.78, 5) is 0. The summed E-state index contributed by atoms with van der Waals surface area (Å²) in [5, 5.41) is 14.0. The summed E-state index contributed by atoms with van der Waals surface area (Å²) in [6.45, 7) is 13.2. The van der Waals surface area contributed by atoms with Gasteiger partial charge in [-0.05, 0) is 88.0 Å². The van der Waals surface area contributed by atoms with Crippen molar-refractivity contribution in [2.75, 3.05) is 13.1 Å². The Bertz CT molecular complexity index is 1120. The van der Waals surface area contributed by atoms with Crippen molar-refractivity contribution in [3.63, 3.8) is 0 Å². The van der Waals surface area contributed by atoms with E-state index in [1.807, 2.05) is 47.2 Å². The molecule has 3 aromatic rings. The van der Waals surface area contributed by atoms with Crippen LogP contribution in [-0.2, 0) is 6.54 Å². The summed E-state index contributed by atoms with van der Waals surface area (Å²) in [6, 6.07) is 13.8. The van der Waals surface area contributed by atoms with Crippen LogP contribution in [-0.4, -0.2) is 28.9 Å². The lowest BCUT2D eigenvalue weighted by Gasteiger charge is -2.22. The molecule has 1 heterocycles. The molecule has 0 fully saturated rings. The summed E-state index contributed by atoms with van der Waals surface area (Å²) < 4.78 is 1.91. The van der Waals surface area contributed by atoms with E-state index < -0.39 is 0 Å². The number of unbranched alkanes of at least 4 members (excludes halogenated alkanes) is 1. The Morgan fingerprint density at radius 1 is 1.03 bits per heavy atom. The number of allylic oxidation sites excluding steroid dienone is 1. The third-order valence-electron chi connectivity index (χ3n) is 6.72. The molecule has 0 aliphatic carbocycles. The number of benzene rings is 2. The smallest absolute Gasteiger partial charge is 0.0840 e. The third kappa shape index (κ3) is 7.60. The molecule has 0 aliphatic heterocycles. The van der Waals surface area contributed by atoms with Crippen LogP contribution < -0.4 is 10.6 Å². The van der Waals surface area contributed by atoms with Gasteiger partial charge in [0.1, 0.15) is 0 Å². The highest BCUT2D eigenvalue weighted by atomic mass is 35.5. The van der Waals surface area contributed by atoms with Crippen LogP contribution in [0.1, 0.15) is 50.8 Å². The van der Waals surface area contributed by atoms with Crippen LogP contribution in [0.15, 0.2) is 55.1 Å². The van der Waals surface area contributed by atoms with Crippen LogP contribution in [0.2, 0.25) is 15.1 Å². The molecule has 36 heavy (non-hydrogen) atoms. The van der Waals surface area contributed by atoms with E-state index in [9.17, 15) is 0 Å². The van der Waals surface area contributed by atoms with E-state index in [0.717, 1.165) is 60.6 Å². The van der Waals surface area contributed by atoms with E-state index in [0.29, 0.717) is 33.6 Å². The Balaban J connectivity index is 1.64. The lowest BCUT2D eigenvalue weighted by molar-refractivity contribution is 0.363. The zero-order valence-electron chi connectivity index (χ0n) is 21.5. The first-order chi connectivity index (χ1) is 17.3. The van der Waals surface area contributed by atoms with Gasteiger partial charge in [-0.2, -0.15) is 5.10 Å². The second-order valence-electron chi connectivity index (χ2n) is 9.25. The van der Waals surface area contributed by atoms with Crippen molar-refractivity contribution in [3.05, 3.63) is 81.4 Å². The number of hydrogen-bond donors (Lipinski definition) is 2. The van der Waals surface area contributed by atoms with Gasteiger partial charge in [0.2, 0.25) is 0 Å². The molecule has 2 aromatic carbocycles. The number of rotatable bonds is 14. The summed E-state index contributed by atoms with van der Waals surface area (Å²) in [5.41, 5.74) is 4.93. The first kappa shape index (κ1) is 28.7. The molecule has 2 unspecified atom stereocenters.